The van der Waals surface area contributed by atoms with Crippen molar-refractivity contribution in [1.29, 1.82) is 0 Å². The zero-order valence-corrected chi connectivity index (χ0v) is 16.0. The number of Topliss-reactive ketones (excluding diaryl/α,β-unsaturated/α-hetero) is 1. The van der Waals surface area contributed by atoms with E-state index in [9.17, 15) is 14.7 Å². The Morgan fingerprint density at radius 1 is 1.21 bits per heavy atom. The van der Waals surface area contributed by atoms with Gasteiger partial charge in [0.1, 0.15) is 0 Å². The number of carbonyl (C=O) groups excluding carboxylic acids is 2. The van der Waals surface area contributed by atoms with Crippen LogP contribution in [0.3, 0.4) is 0 Å². The molecule has 1 amide bonds. The van der Waals surface area contributed by atoms with Crippen molar-refractivity contribution < 1.29 is 19.1 Å². The average Bonchev–Trinajstić information content (AvgIpc) is 3.47. The molecule has 3 heterocycles. The van der Waals surface area contributed by atoms with Gasteiger partial charge in [0.2, 0.25) is 5.78 Å². The first-order valence-electron chi connectivity index (χ1n) is 9.41. The lowest BCUT2D eigenvalue weighted by Crippen LogP contribution is -2.32. The zero-order valence-electron chi connectivity index (χ0n) is 16.0. The molecule has 0 fully saturated rings. The first-order valence-corrected chi connectivity index (χ1v) is 9.41. The van der Waals surface area contributed by atoms with Crippen molar-refractivity contribution in [2.24, 2.45) is 0 Å². The first-order chi connectivity index (χ1) is 14.1. The number of benzene rings is 1. The third-order valence-electron chi connectivity index (χ3n) is 5.06. The predicted molar refractivity (Wildman–Crippen MR) is 105 cm³/mol. The monoisotopic (exact) mass is 391 g/mol. The van der Waals surface area contributed by atoms with Gasteiger partial charge < -0.3 is 19.0 Å². The summed E-state index contributed by atoms with van der Waals surface area (Å²) in [7, 11) is 0. The Balaban J connectivity index is 1.66. The molecule has 7 nitrogen and oxygen atoms in total. The summed E-state index contributed by atoms with van der Waals surface area (Å²) in [5.41, 5.74) is 1.89. The lowest BCUT2D eigenvalue weighted by atomic mass is 9.94. The van der Waals surface area contributed by atoms with Gasteiger partial charge in [-0.2, -0.15) is 0 Å². The van der Waals surface area contributed by atoms with E-state index in [1.807, 2.05) is 42.0 Å². The Bertz CT molecular complexity index is 1030. The number of aryl methyl sites for hydroxylation is 2. The summed E-state index contributed by atoms with van der Waals surface area (Å²) >= 11 is 0. The van der Waals surface area contributed by atoms with Crippen LogP contribution in [-0.2, 0) is 11.3 Å². The van der Waals surface area contributed by atoms with Crippen molar-refractivity contribution in [2.75, 3.05) is 6.54 Å². The number of nitrogens with zero attached hydrogens (tertiary/aromatic N) is 3. The average molecular weight is 391 g/mol. The van der Waals surface area contributed by atoms with E-state index in [4.69, 9.17) is 4.42 Å². The van der Waals surface area contributed by atoms with Gasteiger partial charge in [-0.05, 0) is 31.0 Å². The molecular weight excluding hydrogens is 370 g/mol. The number of ketones is 1. The van der Waals surface area contributed by atoms with E-state index in [0.717, 1.165) is 11.1 Å². The highest BCUT2D eigenvalue weighted by atomic mass is 16.3. The van der Waals surface area contributed by atoms with Gasteiger partial charge in [-0.3, -0.25) is 9.59 Å². The van der Waals surface area contributed by atoms with Crippen LogP contribution >= 0.6 is 0 Å². The molecule has 29 heavy (non-hydrogen) atoms. The fourth-order valence-corrected chi connectivity index (χ4v) is 3.59. The second kappa shape index (κ2) is 7.79. The lowest BCUT2D eigenvalue weighted by Gasteiger charge is -2.27. The number of aliphatic hydroxyl groups is 1. The Kier molecular flexibility index (Phi) is 5.03. The summed E-state index contributed by atoms with van der Waals surface area (Å²) in [6.07, 6.45) is 7.31. The summed E-state index contributed by atoms with van der Waals surface area (Å²) in [6, 6.07) is 10.1. The molecule has 0 aliphatic carbocycles. The first kappa shape index (κ1) is 18.7. The fourth-order valence-electron chi connectivity index (χ4n) is 3.59. The lowest BCUT2D eigenvalue weighted by molar-refractivity contribution is -0.129. The number of hydrogen-bond donors (Lipinski definition) is 1. The van der Waals surface area contributed by atoms with Gasteiger partial charge in [-0.15, -0.1) is 0 Å². The molecule has 0 spiro atoms. The van der Waals surface area contributed by atoms with E-state index >= 15 is 0 Å². The Morgan fingerprint density at radius 2 is 2.00 bits per heavy atom. The largest absolute Gasteiger partial charge is 0.503 e. The summed E-state index contributed by atoms with van der Waals surface area (Å²) < 4.78 is 7.15. The van der Waals surface area contributed by atoms with E-state index in [2.05, 4.69) is 4.98 Å². The molecule has 1 aliphatic heterocycles. The number of amides is 1. The summed E-state index contributed by atoms with van der Waals surface area (Å²) in [6.45, 7) is 3.02. The third kappa shape index (κ3) is 3.59. The van der Waals surface area contributed by atoms with Crippen molar-refractivity contribution in [3.05, 3.63) is 89.6 Å². The van der Waals surface area contributed by atoms with Crippen molar-refractivity contribution in [1.82, 2.24) is 14.5 Å². The van der Waals surface area contributed by atoms with Crippen LogP contribution in [0.25, 0.3) is 0 Å². The number of hydrogen-bond acceptors (Lipinski definition) is 5. The van der Waals surface area contributed by atoms with Crippen LogP contribution in [0, 0.1) is 6.92 Å². The topological polar surface area (TPSA) is 88.6 Å². The number of imidazole rings is 1. The SMILES string of the molecule is Cc1ccc([C@@H]2C(C(=O)c3ccco3)=C(O)C(=O)N2CCCn2ccnc2)cc1. The molecule has 0 unspecified atom stereocenters. The standard InChI is InChI=1S/C22H21N3O4/c1-15-5-7-16(8-6-15)19-18(20(26)17-4-2-13-29-17)21(27)22(28)25(19)11-3-10-24-12-9-23-14-24/h2,4-9,12-14,19,27H,3,10-11H2,1H3/t19-/m1/s1. The Morgan fingerprint density at radius 3 is 2.66 bits per heavy atom. The molecule has 0 saturated carbocycles. The molecule has 1 aromatic carbocycles. The van der Waals surface area contributed by atoms with Gasteiger partial charge in [-0.1, -0.05) is 29.8 Å². The Hall–Kier alpha value is -3.61. The van der Waals surface area contributed by atoms with Crippen LogP contribution in [0.2, 0.25) is 0 Å². The minimum Gasteiger partial charge on any atom is -0.503 e. The predicted octanol–water partition coefficient (Wildman–Crippen LogP) is 3.45. The van der Waals surface area contributed by atoms with Crippen LogP contribution in [0.1, 0.15) is 34.1 Å². The van der Waals surface area contributed by atoms with E-state index in [1.165, 1.54) is 12.3 Å². The van der Waals surface area contributed by atoms with Crippen molar-refractivity contribution >= 4 is 11.7 Å². The van der Waals surface area contributed by atoms with Gasteiger partial charge in [-0.25, -0.2) is 4.98 Å². The van der Waals surface area contributed by atoms with E-state index in [0.29, 0.717) is 19.5 Å². The molecule has 1 aliphatic rings. The van der Waals surface area contributed by atoms with Gasteiger partial charge in [0, 0.05) is 25.5 Å². The van der Waals surface area contributed by atoms with E-state index in [-0.39, 0.29) is 11.3 Å². The molecule has 4 rings (SSSR count). The van der Waals surface area contributed by atoms with Crippen molar-refractivity contribution in [2.45, 2.75) is 25.9 Å². The highest BCUT2D eigenvalue weighted by molar-refractivity contribution is 6.15. The molecule has 1 atom stereocenters. The fraction of sp³-hybridized carbons (Fsp3) is 0.227. The highest BCUT2D eigenvalue weighted by Crippen LogP contribution is 2.39. The van der Waals surface area contributed by atoms with Crippen molar-refractivity contribution in [3.63, 3.8) is 0 Å². The van der Waals surface area contributed by atoms with Crippen molar-refractivity contribution in [3.8, 4) is 0 Å². The molecule has 0 radical (unpaired) electrons. The zero-order chi connectivity index (χ0) is 20.4. The summed E-state index contributed by atoms with van der Waals surface area (Å²) in [5, 5.41) is 10.6. The molecule has 1 N–H and O–H groups in total. The van der Waals surface area contributed by atoms with Crippen LogP contribution in [0.5, 0.6) is 0 Å². The van der Waals surface area contributed by atoms with Crippen LogP contribution in [0.15, 0.2) is 77.1 Å². The molecule has 3 aromatic rings. The quantitative estimate of drug-likeness (QED) is 0.623. The molecule has 2 aromatic heterocycles. The summed E-state index contributed by atoms with van der Waals surface area (Å²) in [4.78, 5) is 31.4. The number of carbonyl (C=O) groups is 2. The number of aromatic nitrogens is 2. The van der Waals surface area contributed by atoms with Crippen LogP contribution < -0.4 is 0 Å². The number of aliphatic hydroxyl groups excluding tert-OH is 1. The second-order valence-corrected chi connectivity index (χ2v) is 7.03. The van der Waals surface area contributed by atoms with E-state index < -0.39 is 23.5 Å². The van der Waals surface area contributed by atoms with E-state index in [1.54, 1.807) is 23.5 Å². The maximum atomic E-state index is 13.0. The maximum absolute atomic E-state index is 13.0. The van der Waals surface area contributed by atoms with Crippen LogP contribution in [-0.4, -0.2) is 37.8 Å². The van der Waals surface area contributed by atoms with Crippen LogP contribution in [0.4, 0.5) is 0 Å². The number of furan rings is 1. The molecule has 0 bridgehead atoms. The Labute approximate surface area is 167 Å². The highest BCUT2D eigenvalue weighted by Gasteiger charge is 2.44. The number of rotatable bonds is 7. The smallest absolute Gasteiger partial charge is 0.290 e. The van der Waals surface area contributed by atoms with Gasteiger partial charge in [0.25, 0.3) is 5.91 Å². The third-order valence-corrected chi connectivity index (χ3v) is 5.06. The summed E-state index contributed by atoms with van der Waals surface area (Å²) in [5.74, 6) is -1.45. The minimum absolute atomic E-state index is 0.0523. The normalized spacial score (nSPS) is 16.7. The molecule has 0 saturated heterocycles. The second-order valence-electron chi connectivity index (χ2n) is 7.03. The molecular formula is C22H21N3O4. The van der Waals surface area contributed by atoms with Gasteiger partial charge in [0.05, 0.1) is 24.2 Å². The molecule has 7 heteroatoms. The van der Waals surface area contributed by atoms with Gasteiger partial charge in [0.15, 0.2) is 11.5 Å². The maximum Gasteiger partial charge on any atom is 0.290 e. The molecule has 148 valence electrons. The minimum atomic E-state index is -0.663. The van der Waals surface area contributed by atoms with Gasteiger partial charge >= 0.3 is 0 Å².